The number of nitrogens with one attached hydrogen (secondary N) is 2. The topological polar surface area (TPSA) is 41.1 Å². The maximum atomic E-state index is 12.7. The van der Waals surface area contributed by atoms with Gasteiger partial charge in [-0.05, 0) is 19.1 Å². The lowest BCUT2D eigenvalue weighted by atomic mass is 10.0. The summed E-state index contributed by atoms with van der Waals surface area (Å²) < 4.78 is 76.1. The molecule has 0 spiro atoms. The molecule has 130 valence electrons. The van der Waals surface area contributed by atoms with Crippen LogP contribution in [0.25, 0.3) is 0 Å². The summed E-state index contributed by atoms with van der Waals surface area (Å²) in [5.74, 6) is 0. The minimum Gasteiger partial charge on any atom is -0.316 e. The van der Waals surface area contributed by atoms with E-state index >= 15 is 0 Å². The summed E-state index contributed by atoms with van der Waals surface area (Å²) in [6.45, 7) is -0.211. The molecule has 3 nitrogen and oxygen atoms in total. The van der Waals surface area contributed by atoms with E-state index in [1.165, 1.54) is 0 Å². The van der Waals surface area contributed by atoms with Gasteiger partial charge in [0, 0.05) is 5.02 Å². The van der Waals surface area contributed by atoms with Gasteiger partial charge in [-0.15, -0.1) is 0 Å². The number of urea groups is 1. The van der Waals surface area contributed by atoms with Gasteiger partial charge >= 0.3 is 18.4 Å². The lowest BCUT2D eigenvalue weighted by molar-refractivity contribution is -0.297. The highest BCUT2D eigenvalue weighted by Gasteiger charge is 2.68. The fourth-order valence-corrected chi connectivity index (χ4v) is 2.25. The van der Waals surface area contributed by atoms with E-state index in [-0.39, 0.29) is 27.7 Å². The van der Waals surface area contributed by atoms with Gasteiger partial charge in [-0.1, -0.05) is 34.8 Å². The Morgan fingerprint density at radius 2 is 1.35 bits per heavy atom. The fraction of sp³-hybridized carbons (Fsp3) is 0.364. The zero-order chi connectivity index (χ0) is 18.2. The third-order valence-electron chi connectivity index (χ3n) is 2.74. The first kappa shape index (κ1) is 20.0. The van der Waals surface area contributed by atoms with Crippen LogP contribution in [0.3, 0.4) is 0 Å². The molecule has 0 aliphatic carbocycles. The molecular weight excluding hydrogens is 396 g/mol. The maximum absolute atomic E-state index is 12.7. The smallest absolute Gasteiger partial charge is 0.316 e. The molecule has 1 aromatic carbocycles. The standard InChI is InChI=1S/C11H7Cl3F6N2O/c1-9(10(15,16)17,11(18,19)20)22-8(23)21-7-5(13)2-4(12)3-6(7)14/h2-3H,1H3,(H2,21,22,23). The van der Waals surface area contributed by atoms with Gasteiger partial charge in [0.1, 0.15) is 0 Å². The summed E-state index contributed by atoms with van der Waals surface area (Å²) in [5, 5.41) is 2.10. The van der Waals surface area contributed by atoms with Gasteiger partial charge in [-0.3, -0.25) is 0 Å². The number of alkyl halides is 6. The van der Waals surface area contributed by atoms with Crippen molar-refractivity contribution in [3.63, 3.8) is 0 Å². The van der Waals surface area contributed by atoms with Crippen LogP contribution in [0.2, 0.25) is 15.1 Å². The van der Waals surface area contributed by atoms with Crippen molar-refractivity contribution in [2.75, 3.05) is 5.32 Å². The van der Waals surface area contributed by atoms with Crippen LogP contribution in [0, 0.1) is 0 Å². The molecule has 0 atom stereocenters. The number of halogens is 9. The Labute approximate surface area is 140 Å². The van der Waals surface area contributed by atoms with Crippen molar-refractivity contribution in [3.05, 3.63) is 27.2 Å². The van der Waals surface area contributed by atoms with Crippen LogP contribution in [0.15, 0.2) is 12.1 Å². The van der Waals surface area contributed by atoms with Crippen molar-refractivity contribution in [2.24, 2.45) is 0 Å². The van der Waals surface area contributed by atoms with Gasteiger partial charge in [-0.25, -0.2) is 4.79 Å². The molecule has 2 amide bonds. The van der Waals surface area contributed by atoms with Gasteiger partial charge < -0.3 is 10.6 Å². The Morgan fingerprint density at radius 3 is 1.70 bits per heavy atom. The van der Waals surface area contributed by atoms with E-state index in [1.54, 1.807) is 5.32 Å². The second kappa shape index (κ2) is 6.45. The zero-order valence-electron chi connectivity index (χ0n) is 11.0. The number of benzene rings is 1. The third-order valence-corrected chi connectivity index (χ3v) is 3.56. The van der Waals surface area contributed by atoms with Crippen molar-refractivity contribution in [2.45, 2.75) is 24.8 Å². The Hall–Kier alpha value is -1.06. The lowest BCUT2D eigenvalue weighted by Gasteiger charge is -2.34. The molecule has 1 aromatic rings. The summed E-state index contributed by atoms with van der Waals surface area (Å²) in [6, 6.07) is 0.391. The summed E-state index contributed by atoms with van der Waals surface area (Å²) in [6.07, 6.45) is -11.6. The van der Waals surface area contributed by atoms with Gasteiger partial charge in [-0.2, -0.15) is 26.3 Å². The van der Waals surface area contributed by atoms with Crippen molar-refractivity contribution in [1.29, 1.82) is 0 Å². The number of anilines is 1. The van der Waals surface area contributed by atoms with Crippen molar-refractivity contribution in [1.82, 2.24) is 5.32 Å². The van der Waals surface area contributed by atoms with E-state index in [9.17, 15) is 31.1 Å². The van der Waals surface area contributed by atoms with Gasteiger partial charge in [0.05, 0.1) is 15.7 Å². The van der Waals surface area contributed by atoms with Gasteiger partial charge in [0.15, 0.2) is 0 Å². The van der Waals surface area contributed by atoms with Crippen molar-refractivity contribution in [3.8, 4) is 0 Å². The molecule has 0 saturated heterocycles. The second-order valence-corrected chi connectivity index (χ2v) is 5.69. The molecule has 0 fully saturated rings. The summed E-state index contributed by atoms with van der Waals surface area (Å²) in [4.78, 5) is 11.5. The zero-order valence-corrected chi connectivity index (χ0v) is 13.2. The van der Waals surface area contributed by atoms with E-state index in [4.69, 9.17) is 34.8 Å². The number of rotatable bonds is 2. The van der Waals surface area contributed by atoms with Crippen LogP contribution < -0.4 is 10.6 Å². The molecule has 0 heterocycles. The van der Waals surface area contributed by atoms with Gasteiger partial charge in [0.25, 0.3) is 0 Å². The molecule has 0 aromatic heterocycles. The van der Waals surface area contributed by atoms with E-state index in [1.807, 2.05) is 0 Å². The highest BCUT2D eigenvalue weighted by molar-refractivity contribution is 6.42. The second-order valence-electron chi connectivity index (χ2n) is 4.44. The van der Waals surface area contributed by atoms with Gasteiger partial charge in [0.2, 0.25) is 5.54 Å². The summed E-state index contributed by atoms with van der Waals surface area (Å²) >= 11 is 16.9. The Kier molecular flexibility index (Phi) is 5.60. The maximum Gasteiger partial charge on any atom is 0.420 e. The highest BCUT2D eigenvalue weighted by atomic mass is 35.5. The SMILES string of the molecule is CC(NC(=O)Nc1c(Cl)cc(Cl)cc1Cl)(C(F)(F)F)C(F)(F)F. The first-order valence-electron chi connectivity index (χ1n) is 5.56. The molecule has 12 heteroatoms. The monoisotopic (exact) mass is 402 g/mol. The fourth-order valence-electron chi connectivity index (χ4n) is 1.34. The van der Waals surface area contributed by atoms with Crippen molar-refractivity contribution < 1.29 is 31.1 Å². The Morgan fingerprint density at radius 1 is 0.957 bits per heavy atom. The van der Waals surface area contributed by atoms with E-state index in [0.717, 1.165) is 17.4 Å². The number of hydrogen-bond donors (Lipinski definition) is 2. The molecule has 2 N–H and O–H groups in total. The average Bonchev–Trinajstić information content (AvgIpc) is 2.30. The molecule has 0 saturated carbocycles. The molecule has 0 aliphatic rings. The lowest BCUT2D eigenvalue weighted by Crippen LogP contribution is -2.66. The summed E-state index contributed by atoms with van der Waals surface area (Å²) in [7, 11) is 0. The number of carbonyl (C=O) groups is 1. The molecule has 0 aliphatic heterocycles. The molecule has 23 heavy (non-hydrogen) atoms. The van der Waals surface area contributed by atoms with Crippen LogP contribution in [0.5, 0.6) is 0 Å². The van der Waals surface area contributed by atoms with Crippen LogP contribution in [0.4, 0.5) is 36.8 Å². The van der Waals surface area contributed by atoms with E-state index < -0.39 is 23.9 Å². The average molecular weight is 404 g/mol. The number of amides is 2. The minimum absolute atomic E-state index is 0.0568. The van der Waals surface area contributed by atoms with E-state index in [0.29, 0.717) is 0 Å². The highest BCUT2D eigenvalue weighted by Crippen LogP contribution is 2.43. The third kappa shape index (κ3) is 4.27. The van der Waals surface area contributed by atoms with Crippen molar-refractivity contribution >= 4 is 46.5 Å². The molecule has 1 rings (SSSR count). The molecule has 0 unspecified atom stereocenters. The Bertz CT molecular complexity index is 580. The van der Waals surface area contributed by atoms with Crippen LogP contribution in [0.1, 0.15) is 6.92 Å². The van der Waals surface area contributed by atoms with E-state index in [2.05, 4.69) is 0 Å². The molecule has 0 radical (unpaired) electrons. The first-order chi connectivity index (χ1) is 10.2. The van der Waals surface area contributed by atoms with Crippen LogP contribution >= 0.6 is 34.8 Å². The molecular formula is C11H7Cl3F6N2O. The quantitative estimate of drug-likeness (QED) is 0.616. The predicted octanol–water partition coefficient (Wildman–Crippen LogP) is 5.65. The normalized spacial score (nSPS) is 13.0. The number of hydrogen-bond acceptors (Lipinski definition) is 1. The predicted molar refractivity (Wildman–Crippen MR) is 74.1 cm³/mol. The number of carbonyl (C=O) groups excluding carboxylic acids is 1. The van der Waals surface area contributed by atoms with Crippen LogP contribution in [-0.2, 0) is 0 Å². The minimum atomic E-state index is -5.78. The first-order valence-corrected chi connectivity index (χ1v) is 6.69. The largest absolute Gasteiger partial charge is 0.420 e. The summed E-state index contributed by atoms with van der Waals surface area (Å²) in [5.41, 5.74) is -4.85. The molecule has 0 bridgehead atoms. The van der Waals surface area contributed by atoms with Crippen LogP contribution in [-0.4, -0.2) is 23.9 Å². The Balaban J connectivity index is 3.08.